The standard InChI is InChI=1S/C20H43BrN.ClH/c1-4-6-8-10-12-15-19-22(3,20-16-13-17-21)18-14-11-9-7-5-2;/h4-20H2,1-3H3;1H/q+1;/p-1. The molecule has 23 heavy (non-hydrogen) atoms. The molecular formula is C20H43BrClN. The van der Waals surface area contributed by atoms with Crippen LogP contribution in [0.25, 0.3) is 0 Å². The van der Waals surface area contributed by atoms with Crippen LogP contribution in [0, 0.1) is 0 Å². The number of hydrogen-bond donors (Lipinski definition) is 0. The Balaban J connectivity index is 0. The van der Waals surface area contributed by atoms with Crippen molar-refractivity contribution in [2.24, 2.45) is 0 Å². The van der Waals surface area contributed by atoms with E-state index < -0.39 is 0 Å². The average Bonchev–Trinajstić information content (AvgIpc) is 2.51. The van der Waals surface area contributed by atoms with E-state index in [2.05, 4.69) is 36.8 Å². The third-order valence-corrected chi connectivity index (χ3v) is 5.50. The Morgan fingerprint density at radius 3 is 1.30 bits per heavy atom. The fourth-order valence-corrected chi connectivity index (χ4v) is 3.69. The third-order valence-electron chi connectivity index (χ3n) is 4.93. The van der Waals surface area contributed by atoms with Crippen LogP contribution in [0.2, 0.25) is 0 Å². The minimum Gasteiger partial charge on any atom is -1.00 e. The third kappa shape index (κ3) is 17.3. The van der Waals surface area contributed by atoms with E-state index >= 15 is 0 Å². The Bertz CT molecular complexity index is 226. The molecule has 1 nitrogen and oxygen atoms in total. The summed E-state index contributed by atoms with van der Waals surface area (Å²) in [7, 11) is 2.51. The van der Waals surface area contributed by atoms with Gasteiger partial charge in [-0.25, -0.2) is 0 Å². The molecule has 0 aromatic rings. The van der Waals surface area contributed by atoms with Gasteiger partial charge in [0, 0.05) is 5.33 Å². The SMILES string of the molecule is CCCCCCCC[N+](C)(CCCCBr)CCCCCCC.[Cl-]. The lowest BCUT2D eigenvalue weighted by Gasteiger charge is -2.35. The second-order valence-electron chi connectivity index (χ2n) is 7.37. The topological polar surface area (TPSA) is 0 Å². The van der Waals surface area contributed by atoms with Gasteiger partial charge in [0.05, 0.1) is 26.7 Å². The highest BCUT2D eigenvalue weighted by atomic mass is 79.9. The first-order valence-electron chi connectivity index (χ1n) is 10.1. The lowest BCUT2D eigenvalue weighted by Crippen LogP contribution is -3.00. The molecule has 0 N–H and O–H groups in total. The maximum atomic E-state index is 3.58. The molecule has 0 fully saturated rings. The average molecular weight is 413 g/mol. The molecule has 0 aliphatic heterocycles. The summed E-state index contributed by atoms with van der Waals surface area (Å²) in [5.41, 5.74) is 0. The molecule has 0 bridgehead atoms. The number of quaternary nitrogens is 1. The first-order valence-corrected chi connectivity index (χ1v) is 11.2. The minimum atomic E-state index is 0. The van der Waals surface area contributed by atoms with Crippen LogP contribution < -0.4 is 12.4 Å². The van der Waals surface area contributed by atoms with Gasteiger partial charge in [-0.3, -0.25) is 0 Å². The molecule has 3 heteroatoms. The van der Waals surface area contributed by atoms with Crippen LogP contribution in [0.3, 0.4) is 0 Å². The van der Waals surface area contributed by atoms with Gasteiger partial charge >= 0.3 is 0 Å². The zero-order valence-electron chi connectivity index (χ0n) is 16.2. The number of alkyl halides is 1. The van der Waals surface area contributed by atoms with Crippen LogP contribution in [-0.4, -0.2) is 36.5 Å². The number of rotatable bonds is 17. The van der Waals surface area contributed by atoms with Crippen molar-refractivity contribution in [3.8, 4) is 0 Å². The molecule has 0 amide bonds. The molecule has 0 saturated carbocycles. The van der Waals surface area contributed by atoms with Crippen LogP contribution >= 0.6 is 15.9 Å². The van der Waals surface area contributed by atoms with E-state index in [1.165, 1.54) is 113 Å². The molecular weight excluding hydrogens is 370 g/mol. The highest BCUT2D eigenvalue weighted by Crippen LogP contribution is 2.15. The molecule has 0 rings (SSSR count). The van der Waals surface area contributed by atoms with Crippen molar-refractivity contribution in [2.45, 2.75) is 97.3 Å². The van der Waals surface area contributed by atoms with Gasteiger partial charge in [0.25, 0.3) is 0 Å². The summed E-state index contributed by atoms with van der Waals surface area (Å²) < 4.78 is 1.33. The van der Waals surface area contributed by atoms with Gasteiger partial charge in [0.2, 0.25) is 0 Å². The zero-order valence-corrected chi connectivity index (χ0v) is 18.6. The van der Waals surface area contributed by atoms with Crippen LogP contribution in [0.15, 0.2) is 0 Å². The van der Waals surface area contributed by atoms with E-state index in [0.29, 0.717) is 0 Å². The van der Waals surface area contributed by atoms with Gasteiger partial charge in [-0.2, -0.15) is 0 Å². The Morgan fingerprint density at radius 1 is 0.565 bits per heavy atom. The lowest BCUT2D eigenvalue weighted by atomic mass is 10.1. The second kappa shape index (κ2) is 19.1. The van der Waals surface area contributed by atoms with Crippen molar-refractivity contribution in [1.29, 1.82) is 0 Å². The minimum absolute atomic E-state index is 0. The predicted molar refractivity (Wildman–Crippen MR) is 106 cm³/mol. The van der Waals surface area contributed by atoms with Crippen LogP contribution in [0.1, 0.15) is 97.3 Å². The molecule has 0 aromatic carbocycles. The lowest BCUT2D eigenvalue weighted by molar-refractivity contribution is -0.910. The molecule has 1 unspecified atom stereocenters. The monoisotopic (exact) mass is 411 g/mol. The maximum absolute atomic E-state index is 3.58. The zero-order chi connectivity index (χ0) is 16.5. The Hall–Kier alpha value is 0.730. The fourth-order valence-electron chi connectivity index (χ4n) is 3.29. The fraction of sp³-hybridized carbons (Fsp3) is 1.00. The van der Waals surface area contributed by atoms with Crippen molar-refractivity contribution in [3.05, 3.63) is 0 Å². The van der Waals surface area contributed by atoms with Gasteiger partial charge in [-0.05, 0) is 38.5 Å². The number of unbranched alkanes of at least 4 members (excludes halogenated alkanes) is 10. The summed E-state index contributed by atoms with van der Waals surface area (Å²) >= 11 is 3.58. The van der Waals surface area contributed by atoms with Crippen molar-refractivity contribution >= 4 is 15.9 Å². The smallest absolute Gasteiger partial charge is 0.0784 e. The van der Waals surface area contributed by atoms with Crippen LogP contribution in [0.4, 0.5) is 0 Å². The summed E-state index contributed by atoms with van der Waals surface area (Å²) in [6, 6.07) is 0. The quantitative estimate of drug-likeness (QED) is 0.193. The van der Waals surface area contributed by atoms with Crippen molar-refractivity contribution in [2.75, 3.05) is 32.0 Å². The normalized spacial score (nSPS) is 13.6. The van der Waals surface area contributed by atoms with Crippen LogP contribution in [0.5, 0.6) is 0 Å². The van der Waals surface area contributed by atoms with Crippen molar-refractivity contribution < 1.29 is 16.9 Å². The molecule has 0 aliphatic rings. The van der Waals surface area contributed by atoms with E-state index in [1.807, 2.05) is 0 Å². The summed E-state index contributed by atoms with van der Waals surface area (Å²) in [6.45, 7) is 8.80. The second-order valence-corrected chi connectivity index (χ2v) is 8.16. The van der Waals surface area contributed by atoms with E-state index in [4.69, 9.17) is 0 Å². The van der Waals surface area contributed by atoms with Gasteiger partial charge < -0.3 is 16.9 Å². The van der Waals surface area contributed by atoms with Crippen molar-refractivity contribution in [3.63, 3.8) is 0 Å². The van der Waals surface area contributed by atoms with E-state index in [9.17, 15) is 0 Å². The summed E-state index contributed by atoms with van der Waals surface area (Å²) in [5.74, 6) is 0. The maximum Gasteiger partial charge on any atom is 0.0784 e. The van der Waals surface area contributed by atoms with Gasteiger partial charge in [-0.1, -0.05) is 74.7 Å². The molecule has 0 radical (unpaired) electrons. The molecule has 0 aromatic heterocycles. The molecule has 0 saturated heterocycles. The summed E-state index contributed by atoms with van der Waals surface area (Å²) in [6.07, 6.45) is 18.4. The first kappa shape index (κ1) is 26.0. The summed E-state index contributed by atoms with van der Waals surface area (Å²) in [5, 5.41) is 1.17. The molecule has 0 aliphatic carbocycles. The molecule has 142 valence electrons. The van der Waals surface area contributed by atoms with Gasteiger partial charge in [0.15, 0.2) is 0 Å². The van der Waals surface area contributed by atoms with Gasteiger partial charge in [0.1, 0.15) is 0 Å². The van der Waals surface area contributed by atoms with Crippen LogP contribution in [-0.2, 0) is 0 Å². The Labute approximate surface area is 162 Å². The first-order chi connectivity index (χ1) is 10.7. The predicted octanol–water partition coefficient (Wildman–Crippen LogP) is 3.94. The van der Waals surface area contributed by atoms with Gasteiger partial charge in [-0.15, -0.1) is 0 Å². The van der Waals surface area contributed by atoms with E-state index in [1.54, 1.807) is 0 Å². The van der Waals surface area contributed by atoms with Crippen molar-refractivity contribution in [1.82, 2.24) is 0 Å². The highest BCUT2D eigenvalue weighted by molar-refractivity contribution is 9.09. The Morgan fingerprint density at radius 2 is 0.913 bits per heavy atom. The molecule has 1 atom stereocenters. The van der Waals surface area contributed by atoms with E-state index in [0.717, 1.165) is 0 Å². The largest absolute Gasteiger partial charge is 1.00 e. The number of halogens is 2. The number of hydrogen-bond acceptors (Lipinski definition) is 0. The highest BCUT2D eigenvalue weighted by Gasteiger charge is 2.19. The number of nitrogens with zero attached hydrogens (tertiary/aromatic N) is 1. The molecule has 0 spiro atoms. The summed E-state index contributed by atoms with van der Waals surface area (Å²) in [4.78, 5) is 0. The van der Waals surface area contributed by atoms with E-state index in [-0.39, 0.29) is 12.4 Å². The Kier molecular flexibility index (Phi) is 21.5. The molecule has 0 heterocycles.